The Hall–Kier alpha value is -1.48. The fraction of sp³-hybridized carbons (Fsp3) is 0.500. The molecule has 1 N–H and O–H groups in total. The van der Waals surface area contributed by atoms with Gasteiger partial charge in [0.05, 0.1) is 6.10 Å². The largest absolute Gasteiger partial charge is 0.461 e. The van der Waals surface area contributed by atoms with Crippen molar-refractivity contribution in [3.63, 3.8) is 0 Å². The van der Waals surface area contributed by atoms with Crippen molar-refractivity contribution in [1.82, 2.24) is 25.1 Å². The summed E-state index contributed by atoms with van der Waals surface area (Å²) in [5.74, 6) is 0.467. The van der Waals surface area contributed by atoms with Crippen molar-refractivity contribution >= 4 is 29.0 Å². The third-order valence-corrected chi connectivity index (χ3v) is 3.60. The second-order valence-corrected chi connectivity index (χ2v) is 6.23. The Morgan fingerprint density at radius 1 is 1.21 bits per heavy atom. The summed E-state index contributed by atoms with van der Waals surface area (Å²) in [4.78, 5) is 12.6. The molecule has 102 valence electrons. The van der Waals surface area contributed by atoms with Crippen LogP contribution in [0.5, 0.6) is 6.01 Å². The second kappa shape index (κ2) is 6.11. The molecule has 2 heterocycles. The first-order chi connectivity index (χ1) is 9.06. The molecular weight excluding hydrogens is 284 g/mol. The van der Waals surface area contributed by atoms with E-state index in [1.165, 1.54) is 23.1 Å². The van der Waals surface area contributed by atoms with Crippen LogP contribution in [0.1, 0.15) is 18.9 Å². The molecule has 0 fully saturated rings. The van der Waals surface area contributed by atoms with Crippen LogP contribution in [0.25, 0.3) is 0 Å². The summed E-state index contributed by atoms with van der Waals surface area (Å²) in [6.07, 6.45) is 0.00808. The average molecular weight is 298 g/mol. The highest BCUT2D eigenvalue weighted by Gasteiger charge is 2.11. The van der Waals surface area contributed by atoms with Crippen molar-refractivity contribution in [2.45, 2.75) is 36.4 Å². The minimum atomic E-state index is 0.00808. The lowest BCUT2D eigenvalue weighted by atomic mass is 10.5. The zero-order valence-electron chi connectivity index (χ0n) is 11.0. The fourth-order valence-electron chi connectivity index (χ4n) is 1.16. The molecule has 0 aliphatic rings. The Labute approximate surface area is 119 Å². The van der Waals surface area contributed by atoms with E-state index in [2.05, 4.69) is 30.5 Å². The number of anilines is 1. The van der Waals surface area contributed by atoms with Gasteiger partial charge >= 0.3 is 6.01 Å². The lowest BCUT2D eigenvalue weighted by molar-refractivity contribution is 0.219. The Kier molecular flexibility index (Phi) is 4.48. The van der Waals surface area contributed by atoms with E-state index in [0.29, 0.717) is 17.1 Å². The summed E-state index contributed by atoms with van der Waals surface area (Å²) in [6, 6.07) is 0.304. The first kappa shape index (κ1) is 13.9. The van der Waals surface area contributed by atoms with Crippen LogP contribution < -0.4 is 10.1 Å². The van der Waals surface area contributed by atoms with Gasteiger partial charge in [-0.1, -0.05) is 11.3 Å². The molecule has 0 aromatic carbocycles. The molecule has 2 rings (SSSR count). The van der Waals surface area contributed by atoms with Gasteiger partial charge in [0.2, 0.25) is 11.1 Å². The van der Waals surface area contributed by atoms with Crippen molar-refractivity contribution in [3.8, 4) is 6.01 Å². The van der Waals surface area contributed by atoms with Gasteiger partial charge in [-0.15, -0.1) is 10.2 Å². The van der Waals surface area contributed by atoms with E-state index in [-0.39, 0.29) is 6.10 Å². The van der Waals surface area contributed by atoms with E-state index in [4.69, 9.17) is 4.74 Å². The molecule has 0 amide bonds. The highest BCUT2D eigenvalue weighted by molar-refractivity contribution is 8.00. The SMILES string of the molecule is CNc1nc(OC(C)C)nc(Sc2nnc(C)s2)n1. The van der Waals surface area contributed by atoms with Gasteiger partial charge in [0.15, 0.2) is 4.34 Å². The third-order valence-electron chi connectivity index (χ3n) is 1.85. The van der Waals surface area contributed by atoms with Crippen LogP contribution in [-0.2, 0) is 0 Å². The average Bonchev–Trinajstić information content (AvgIpc) is 2.73. The summed E-state index contributed by atoms with van der Waals surface area (Å²) in [6.45, 7) is 5.75. The van der Waals surface area contributed by atoms with E-state index >= 15 is 0 Å². The van der Waals surface area contributed by atoms with Gasteiger partial charge in [0.25, 0.3) is 0 Å². The van der Waals surface area contributed by atoms with Gasteiger partial charge in [0, 0.05) is 7.05 Å². The van der Waals surface area contributed by atoms with Gasteiger partial charge in [0.1, 0.15) is 5.01 Å². The Morgan fingerprint density at radius 2 is 2.00 bits per heavy atom. The van der Waals surface area contributed by atoms with E-state index in [9.17, 15) is 0 Å². The lowest BCUT2D eigenvalue weighted by Gasteiger charge is -2.09. The highest BCUT2D eigenvalue weighted by Crippen LogP contribution is 2.28. The maximum Gasteiger partial charge on any atom is 0.322 e. The molecule has 2 aromatic rings. The summed E-state index contributed by atoms with van der Waals surface area (Å²) in [5, 5.41) is 12.3. The molecule has 19 heavy (non-hydrogen) atoms. The number of aryl methyl sites for hydroxylation is 1. The van der Waals surface area contributed by atoms with Gasteiger partial charge in [-0.2, -0.15) is 15.0 Å². The highest BCUT2D eigenvalue weighted by atomic mass is 32.2. The van der Waals surface area contributed by atoms with Crippen molar-refractivity contribution in [2.24, 2.45) is 0 Å². The number of aromatic nitrogens is 5. The maximum atomic E-state index is 5.49. The van der Waals surface area contributed by atoms with E-state index in [0.717, 1.165) is 9.35 Å². The van der Waals surface area contributed by atoms with Crippen LogP contribution in [-0.4, -0.2) is 38.3 Å². The van der Waals surface area contributed by atoms with E-state index in [1.807, 2.05) is 20.8 Å². The molecule has 0 bridgehead atoms. The molecule has 0 saturated heterocycles. The van der Waals surface area contributed by atoms with Crippen LogP contribution in [0.15, 0.2) is 9.50 Å². The smallest absolute Gasteiger partial charge is 0.322 e. The Morgan fingerprint density at radius 3 is 2.58 bits per heavy atom. The normalized spacial score (nSPS) is 10.8. The third kappa shape index (κ3) is 4.00. The monoisotopic (exact) mass is 298 g/mol. The van der Waals surface area contributed by atoms with Crippen LogP contribution in [0.2, 0.25) is 0 Å². The molecule has 0 atom stereocenters. The molecule has 0 unspecified atom stereocenters. The predicted molar refractivity (Wildman–Crippen MR) is 73.9 cm³/mol. The summed E-state index contributed by atoms with van der Waals surface area (Å²) >= 11 is 2.84. The Balaban J connectivity index is 2.23. The van der Waals surface area contributed by atoms with E-state index in [1.54, 1.807) is 7.05 Å². The minimum Gasteiger partial charge on any atom is -0.461 e. The van der Waals surface area contributed by atoms with Gasteiger partial charge < -0.3 is 10.1 Å². The zero-order valence-corrected chi connectivity index (χ0v) is 12.7. The molecule has 0 spiro atoms. The first-order valence-electron chi connectivity index (χ1n) is 5.65. The predicted octanol–water partition coefficient (Wildman–Crippen LogP) is 2.01. The topological polar surface area (TPSA) is 85.7 Å². The number of nitrogens with zero attached hydrogens (tertiary/aromatic N) is 5. The van der Waals surface area contributed by atoms with E-state index < -0.39 is 0 Å². The maximum absolute atomic E-state index is 5.49. The molecule has 2 aromatic heterocycles. The summed E-state index contributed by atoms with van der Waals surface area (Å²) in [7, 11) is 1.75. The van der Waals surface area contributed by atoms with Crippen LogP contribution in [0, 0.1) is 6.92 Å². The second-order valence-electron chi connectivity index (χ2n) is 3.83. The van der Waals surface area contributed by atoms with Gasteiger partial charge in [-0.25, -0.2) is 0 Å². The number of rotatable bonds is 5. The quantitative estimate of drug-likeness (QED) is 0.897. The first-order valence-corrected chi connectivity index (χ1v) is 7.28. The number of ether oxygens (including phenoxy) is 1. The summed E-state index contributed by atoms with van der Waals surface area (Å²) in [5.41, 5.74) is 0. The molecule has 7 nitrogen and oxygen atoms in total. The lowest BCUT2D eigenvalue weighted by Crippen LogP contribution is -2.10. The van der Waals surface area contributed by atoms with Crippen molar-refractivity contribution in [1.29, 1.82) is 0 Å². The molecule has 0 aliphatic heterocycles. The van der Waals surface area contributed by atoms with Crippen LogP contribution in [0.4, 0.5) is 5.95 Å². The fourth-order valence-corrected chi connectivity index (χ4v) is 2.82. The molecular formula is C10H14N6OS2. The molecule has 0 aliphatic carbocycles. The van der Waals surface area contributed by atoms with Crippen molar-refractivity contribution < 1.29 is 4.74 Å². The number of hydrogen-bond acceptors (Lipinski definition) is 9. The van der Waals surface area contributed by atoms with Crippen molar-refractivity contribution in [2.75, 3.05) is 12.4 Å². The van der Waals surface area contributed by atoms with Crippen molar-refractivity contribution in [3.05, 3.63) is 5.01 Å². The molecule has 0 radical (unpaired) electrons. The number of nitrogens with one attached hydrogen (secondary N) is 1. The van der Waals surface area contributed by atoms with Crippen LogP contribution >= 0.6 is 23.1 Å². The standard InChI is InChI=1S/C10H14N6OS2/c1-5(2)17-8-12-7(11-4)13-9(14-8)19-10-16-15-6(3)18-10/h5H,1-4H3,(H,11,12,13,14). The van der Waals surface area contributed by atoms with Gasteiger partial charge in [-0.3, -0.25) is 0 Å². The zero-order chi connectivity index (χ0) is 13.8. The minimum absolute atomic E-state index is 0.00808. The van der Waals surface area contributed by atoms with Gasteiger partial charge in [-0.05, 0) is 32.5 Å². The molecule has 9 heteroatoms. The molecule has 0 saturated carbocycles. The number of hydrogen-bond donors (Lipinski definition) is 1. The van der Waals surface area contributed by atoms with Crippen LogP contribution in [0.3, 0.4) is 0 Å². The Bertz CT molecular complexity index is 559. The summed E-state index contributed by atoms with van der Waals surface area (Å²) < 4.78 is 6.28.